The molecule has 106 valence electrons. The summed E-state index contributed by atoms with van der Waals surface area (Å²) in [7, 11) is 0. The van der Waals surface area contributed by atoms with Crippen LogP contribution in [0.2, 0.25) is 10.0 Å². The molecule has 2 aromatic rings. The average Bonchev–Trinajstić information content (AvgIpc) is 2.45. The van der Waals surface area contributed by atoms with Crippen molar-refractivity contribution < 1.29 is 0 Å². The van der Waals surface area contributed by atoms with E-state index in [1.807, 2.05) is 24.3 Å². The molecule has 1 atom stereocenters. The number of hydrogen-bond acceptors (Lipinski definition) is 1. The van der Waals surface area contributed by atoms with Crippen LogP contribution in [0.3, 0.4) is 0 Å². The van der Waals surface area contributed by atoms with Gasteiger partial charge in [-0.1, -0.05) is 72.6 Å². The van der Waals surface area contributed by atoms with Gasteiger partial charge in [-0.15, -0.1) is 0 Å². The molecule has 0 spiro atoms. The molecule has 2 aromatic carbocycles. The summed E-state index contributed by atoms with van der Waals surface area (Å²) in [6.07, 6.45) is 1.86. The molecule has 1 N–H and O–H groups in total. The number of halogens is 2. The molecule has 0 saturated heterocycles. The number of benzene rings is 2. The third-order valence-corrected chi connectivity index (χ3v) is 4.17. The zero-order valence-corrected chi connectivity index (χ0v) is 13.1. The van der Waals surface area contributed by atoms with Crippen molar-refractivity contribution in [2.24, 2.45) is 0 Å². The first kappa shape index (κ1) is 15.4. The predicted octanol–water partition coefficient (Wildman–Crippen LogP) is 4.76. The summed E-state index contributed by atoms with van der Waals surface area (Å²) in [5, 5.41) is 4.82. The van der Waals surface area contributed by atoms with Gasteiger partial charge in [0, 0.05) is 6.04 Å². The molecule has 3 heteroatoms. The van der Waals surface area contributed by atoms with E-state index in [4.69, 9.17) is 23.2 Å². The van der Waals surface area contributed by atoms with Crippen molar-refractivity contribution in [1.29, 1.82) is 0 Å². The maximum Gasteiger partial charge on any atom is 0.0624 e. The third kappa shape index (κ3) is 4.24. The van der Waals surface area contributed by atoms with E-state index in [0.717, 1.165) is 24.9 Å². The van der Waals surface area contributed by atoms with Gasteiger partial charge in [0.1, 0.15) is 0 Å². The Bertz CT molecular complexity index is 540. The van der Waals surface area contributed by atoms with Gasteiger partial charge >= 0.3 is 0 Å². The lowest BCUT2D eigenvalue weighted by Crippen LogP contribution is -2.33. The molecule has 20 heavy (non-hydrogen) atoms. The Balaban J connectivity index is 2.11. The van der Waals surface area contributed by atoms with Crippen LogP contribution in [0, 0.1) is 0 Å². The largest absolute Gasteiger partial charge is 0.314 e. The van der Waals surface area contributed by atoms with Crippen molar-refractivity contribution in [3.05, 3.63) is 69.7 Å². The highest BCUT2D eigenvalue weighted by atomic mass is 35.5. The quantitative estimate of drug-likeness (QED) is 0.811. The minimum atomic E-state index is 0.360. The van der Waals surface area contributed by atoms with Crippen LogP contribution in [0.5, 0.6) is 0 Å². The van der Waals surface area contributed by atoms with Gasteiger partial charge in [-0.05, 0) is 36.6 Å². The monoisotopic (exact) mass is 307 g/mol. The summed E-state index contributed by atoms with van der Waals surface area (Å²) in [5.41, 5.74) is 2.43. The van der Waals surface area contributed by atoms with E-state index >= 15 is 0 Å². The number of nitrogens with one attached hydrogen (secondary N) is 1. The first-order valence-corrected chi connectivity index (χ1v) is 7.66. The predicted molar refractivity (Wildman–Crippen MR) is 87.8 cm³/mol. The molecule has 0 aliphatic rings. The van der Waals surface area contributed by atoms with Gasteiger partial charge in [-0.3, -0.25) is 0 Å². The van der Waals surface area contributed by atoms with Gasteiger partial charge in [0.25, 0.3) is 0 Å². The third-order valence-electron chi connectivity index (χ3n) is 3.32. The van der Waals surface area contributed by atoms with E-state index in [2.05, 4.69) is 36.5 Å². The molecule has 0 fully saturated rings. The molecule has 0 heterocycles. The molecule has 0 radical (unpaired) electrons. The molecule has 2 rings (SSSR count). The number of likely N-dealkylation sites (N-methyl/N-ethyl adjacent to an activating group) is 1. The lowest BCUT2D eigenvalue weighted by molar-refractivity contribution is 0.521. The van der Waals surface area contributed by atoms with Crippen LogP contribution >= 0.6 is 23.2 Å². The SMILES string of the molecule is CCNC(Cc1ccccc1)Cc1cccc(Cl)c1Cl. The second-order valence-electron chi connectivity index (χ2n) is 4.86. The van der Waals surface area contributed by atoms with Crippen LogP contribution in [0.15, 0.2) is 48.5 Å². The summed E-state index contributed by atoms with van der Waals surface area (Å²) in [4.78, 5) is 0. The van der Waals surface area contributed by atoms with Crippen molar-refractivity contribution in [3.8, 4) is 0 Å². The fraction of sp³-hybridized carbons (Fsp3) is 0.294. The van der Waals surface area contributed by atoms with Crippen molar-refractivity contribution in [1.82, 2.24) is 5.32 Å². The van der Waals surface area contributed by atoms with Crippen LogP contribution in [0.25, 0.3) is 0 Å². The van der Waals surface area contributed by atoms with Gasteiger partial charge in [0.15, 0.2) is 0 Å². The molecule has 0 bridgehead atoms. The molecule has 0 saturated carbocycles. The summed E-state index contributed by atoms with van der Waals surface area (Å²) >= 11 is 12.4. The number of rotatable bonds is 6. The molecular formula is C17H19Cl2N. The van der Waals surface area contributed by atoms with Gasteiger partial charge in [-0.2, -0.15) is 0 Å². The Hall–Kier alpha value is -1.02. The van der Waals surface area contributed by atoms with E-state index in [0.29, 0.717) is 16.1 Å². The van der Waals surface area contributed by atoms with Crippen LogP contribution in [-0.2, 0) is 12.8 Å². The second-order valence-corrected chi connectivity index (χ2v) is 5.65. The van der Waals surface area contributed by atoms with Crippen molar-refractivity contribution in [2.75, 3.05) is 6.54 Å². The Labute approximate surface area is 130 Å². The lowest BCUT2D eigenvalue weighted by Gasteiger charge is -2.19. The second kappa shape index (κ2) is 7.68. The summed E-state index contributed by atoms with van der Waals surface area (Å²) in [6, 6.07) is 16.7. The van der Waals surface area contributed by atoms with Gasteiger partial charge < -0.3 is 5.32 Å². The molecular weight excluding hydrogens is 289 g/mol. The van der Waals surface area contributed by atoms with Gasteiger partial charge in [0.2, 0.25) is 0 Å². The minimum Gasteiger partial charge on any atom is -0.314 e. The van der Waals surface area contributed by atoms with Crippen molar-refractivity contribution >= 4 is 23.2 Å². The summed E-state index contributed by atoms with van der Waals surface area (Å²) < 4.78 is 0. The molecule has 0 amide bonds. The minimum absolute atomic E-state index is 0.360. The van der Waals surface area contributed by atoms with Crippen molar-refractivity contribution in [2.45, 2.75) is 25.8 Å². The smallest absolute Gasteiger partial charge is 0.0624 e. The van der Waals surface area contributed by atoms with E-state index in [-0.39, 0.29) is 0 Å². The summed E-state index contributed by atoms with van der Waals surface area (Å²) in [6.45, 7) is 3.06. The van der Waals surface area contributed by atoms with Gasteiger partial charge in [-0.25, -0.2) is 0 Å². The van der Waals surface area contributed by atoms with Crippen LogP contribution in [0.4, 0.5) is 0 Å². The highest BCUT2D eigenvalue weighted by molar-refractivity contribution is 6.42. The first-order chi connectivity index (χ1) is 9.70. The highest BCUT2D eigenvalue weighted by Gasteiger charge is 2.12. The molecule has 0 aliphatic carbocycles. The Morgan fingerprint density at radius 1 is 0.950 bits per heavy atom. The lowest BCUT2D eigenvalue weighted by atomic mass is 9.99. The zero-order valence-electron chi connectivity index (χ0n) is 11.6. The molecule has 0 aromatic heterocycles. The molecule has 1 nitrogen and oxygen atoms in total. The summed E-state index contributed by atoms with van der Waals surface area (Å²) in [5.74, 6) is 0. The maximum atomic E-state index is 6.28. The van der Waals surface area contributed by atoms with E-state index < -0.39 is 0 Å². The Kier molecular flexibility index (Phi) is 5.90. The molecule has 1 unspecified atom stereocenters. The standard InChI is InChI=1S/C17H19Cl2N/c1-2-20-15(11-13-7-4-3-5-8-13)12-14-9-6-10-16(18)17(14)19/h3-10,15,20H,2,11-12H2,1H3. The van der Waals surface area contributed by atoms with E-state index in [9.17, 15) is 0 Å². The maximum absolute atomic E-state index is 6.28. The van der Waals surface area contributed by atoms with Gasteiger partial charge in [0.05, 0.1) is 10.0 Å². The zero-order chi connectivity index (χ0) is 14.4. The fourth-order valence-corrected chi connectivity index (χ4v) is 2.77. The van der Waals surface area contributed by atoms with Crippen LogP contribution < -0.4 is 5.32 Å². The Morgan fingerprint density at radius 3 is 2.40 bits per heavy atom. The number of hydrogen-bond donors (Lipinski definition) is 1. The van der Waals surface area contributed by atoms with Crippen LogP contribution in [-0.4, -0.2) is 12.6 Å². The molecule has 0 aliphatic heterocycles. The highest BCUT2D eigenvalue weighted by Crippen LogP contribution is 2.26. The average molecular weight is 308 g/mol. The topological polar surface area (TPSA) is 12.0 Å². The van der Waals surface area contributed by atoms with E-state index in [1.165, 1.54) is 5.56 Å². The van der Waals surface area contributed by atoms with Crippen molar-refractivity contribution in [3.63, 3.8) is 0 Å². The Morgan fingerprint density at radius 2 is 1.70 bits per heavy atom. The fourth-order valence-electron chi connectivity index (χ4n) is 2.38. The normalized spacial score (nSPS) is 12.3. The van der Waals surface area contributed by atoms with Crippen LogP contribution in [0.1, 0.15) is 18.1 Å². The van der Waals surface area contributed by atoms with E-state index in [1.54, 1.807) is 0 Å². The first-order valence-electron chi connectivity index (χ1n) is 6.91.